The second-order valence-electron chi connectivity index (χ2n) is 15.1. The average molecular weight is 867 g/mol. The fourth-order valence-electron chi connectivity index (χ4n) is 6.50. The first kappa shape index (κ1) is 39.5. The number of carbonyl (C=O) groups is 1. The normalized spacial score (nSPS) is 12.7. The summed E-state index contributed by atoms with van der Waals surface area (Å²) < 4.78 is 8.50. The van der Waals surface area contributed by atoms with E-state index in [0.29, 0.717) is 0 Å². The molecule has 3 aromatic carbocycles. The predicted octanol–water partition coefficient (Wildman–Crippen LogP) is 13.4. The molecule has 0 saturated carbocycles. The topological polar surface area (TPSA) is 63.3 Å². The molecule has 0 fully saturated rings. The smallest absolute Gasteiger partial charge is 0.164 e. The molecule has 4 nitrogen and oxygen atoms in total. The Balaban J connectivity index is 0.000000269. The Hall–Kier alpha value is -3.31. The number of rotatable bonds is 8. The van der Waals surface area contributed by atoms with Crippen molar-refractivity contribution in [2.75, 3.05) is 0 Å². The summed E-state index contributed by atoms with van der Waals surface area (Å²) in [5.74, 6) is 1.27. The van der Waals surface area contributed by atoms with E-state index in [1.807, 2.05) is 66.0 Å². The van der Waals surface area contributed by atoms with Gasteiger partial charge in [-0.05, 0) is 74.1 Å². The van der Waals surface area contributed by atoms with Crippen LogP contribution in [0.25, 0.3) is 53.2 Å². The van der Waals surface area contributed by atoms with Crippen LogP contribution in [0.2, 0.25) is 0 Å². The Labute approximate surface area is 315 Å². The van der Waals surface area contributed by atoms with Crippen LogP contribution in [0.4, 0.5) is 0 Å². The molecular formula is C44H52IrNO3S-. The molecule has 0 aliphatic heterocycles. The van der Waals surface area contributed by atoms with Crippen molar-refractivity contribution in [3.63, 3.8) is 0 Å². The number of carbonyl (C=O) groups excluding carboxylic acids is 1. The third-order valence-electron chi connectivity index (χ3n) is 11.1. The number of fused-ring (bicyclic) bond motifs is 6. The Morgan fingerprint density at radius 3 is 2.14 bits per heavy atom. The first-order valence-corrected chi connectivity index (χ1v) is 18.5. The van der Waals surface area contributed by atoms with Gasteiger partial charge in [-0.1, -0.05) is 91.5 Å². The number of aromatic nitrogens is 1. The first-order chi connectivity index (χ1) is 23.1. The van der Waals surface area contributed by atoms with Crippen LogP contribution >= 0.6 is 11.3 Å². The van der Waals surface area contributed by atoms with Crippen LogP contribution in [0.1, 0.15) is 105 Å². The minimum Gasteiger partial charge on any atom is -0.512 e. The number of hydrogen-bond acceptors (Lipinski definition) is 5. The molecule has 0 bridgehead atoms. The van der Waals surface area contributed by atoms with Crippen LogP contribution in [0, 0.1) is 30.7 Å². The number of aryl methyl sites for hydroxylation is 2. The van der Waals surface area contributed by atoms with E-state index in [1.165, 1.54) is 48.1 Å². The Morgan fingerprint density at radius 1 is 0.880 bits per heavy atom. The van der Waals surface area contributed by atoms with E-state index in [9.17, 15) is 9.90 Å². The molecule has 0 amide bonds. The molecule has 1 N–H and O–H groups in total. The van der Waals surface area contributed by atoms with Crippen molar-refractivity contribution >= 4 is 59.0 Å². The van der Waals surface area contributed by atoms with E-state index in [2.05, 4.69) is 82.3 Å². The van der Waals surface area contributed by atoms with Crippen molar-refractivity contribution in [3.8, 4) is 11.3 Å². The average Bonchev–Trinajstić information content (AvgIpc) is 3.62. The van der Waals surface area contributed by atoms with Crippen LogP contribution in [0.5, 0.6) is 0 Å². The SMILES string of the molecule is CCC(C)(CC)C(=O)/C=C(\O)C(C)(CC)CC.Cc1oc2ccc3sc4c(-c5[c-]c6ccccc6c(C(C)(C)C)c5)nccc4c3c2c1C.[Ir]. The van der Waals surface area contributed by atoms with E-state index in [-0.39, 0.29) is 47.9 Å². The van der Waals surface area contributed by atoms with Crippen molar-refractivity contribution in [1.82, 2.24) is 4.98 Å². The molecule has 0 unspecified atom stereocenters. The fourth-order valence-corrected chi connectivity index (χ4v) is 7.71. The van der Waals surface area contributed by atoms with Gasteiger partial charge in [0, 0.05) is 69.1 Å². The van der Waals surface area contributed by atoms with Gasteiger partial charge in [0.25, 0.3) is 0 Å². The van der Waals surface area contributed by atoms with Gasteiger partial charge in [-0.3, -0.25) is 9.78 Å². The number of benzene rings is 3. The zero-order valence-corrected chi connectivity index (χ0v) is 34.8. The van der Waals surface area contributed by atoms with Crippen molar-refractivity contribution < 1.29 is 34.4 Å². The summed E-state index contributed by atoms with van der Waals surface area (Å²) in [6.07, 6.45) is 6.69. The van der Waals surface area contributed by atoms with Crippen molar-refractivity contribution in [1.29, 1.82) is 0 Å². The molecular weight excluding hydrogens is 815 g/mol. The number of allylic oxidation sites excluding steroid dienone is 2. The molecule has 3 aromatic heterocycles. The zero-order chi connectivity index (χ0) is 35.9. The zero-order valence-electron chi connectivity index (χ0n) is 31.6. The standard InChI is InChI=1S/C29H24NOS.C15H28O2.Ir/c1-16-17(2)31-23-10-11-24-26(25(16)23)21-12-13-30-27(28(21)32-24)19-14-18-8-6-7-9-20(18)22(15-19)29(3,4)5;1-7-14(5,8-2)12(16)11-13(17)15(6,9-3)10-4;/h6-13,15H,1-5H3;11,16H,7-10H2,1-6H3;/q-1;;/b;12-11-;. The van der Waals surface area contributed by atoms with Gasteiger partial charge < -0.3 is 9.52 Å². The Morgan fingerprint density at radius 2 is 1.52 bits per heavy atom. The summed E-state index contributed by atoms with van der Waals surface area (Å²) in [5.41, 5.74) is 4.98. The number of nitrogens with zero attached hydrogens (tertiary/aromatic N) is 1. The van der Waals surface area contributed by atoms with E-state index in [4.69, 9.17) is 9.40 Å². The minimum absolute atomic E-state index is 0. The van der Waals surface area contributed by atoms with Crippen LogP contribution in [-0.4, -0.2) is 15.9 Å². The van der Waals surface area contributed by atoms with Crippen molar-refractivity contribution in [3.05, 3.63) is 89.5 Å². The third kappa shape index (κ3) is 7.22. The van der Waals surface area contributed by atoms with Gasteiger partial charge in [0.1, 0.15) is 17.1 Å². The maximum absolute atomic E-state index is 12.2. The number of furan rings is 1. The third-order valence-corrected chi connectivity index (χ3v) is 12.3. The number of hydrogen-bond donors (Lipinski definition) is 1. The molecule has 267 valence electrons. The Kier molecular flexibility index (Phi) is 11.9. The summed E-state index contributed by atoms with van der Waals surface area (Å²) in [6, 6.07) is 20.9. The van der Waals surface area contributed by atoms with Crippen LogP contribution < -0.4 is 0 Å². The van der Waals surface area contributed by atoms with Gasteiger partial charge in [-0.25, -0.2) is 0 Å². The van der Waals surface area contributed by atoms with E-state index < -0.39 is 0 Å². The Bertz CT molecular complexity index is 2190. The molecule has 0 spiro atoms. The van der Waals surface area contributed by atoms with Gasteiger partial charge in [0.2, 0.25) is 0 Å². The van der Waals surface area contributed by atoms with Gasteiger partial charge in [-0.15, -0.1) is 40.5 Å². The van der Waals surface area contributed by atoms with Crippen molar-refractivity contribution in [2.24, 2.45) is 10.8 Å². The van der Waals surface area contributed by atoms with E-state index >= 15 is 0 Å². The molecule has 6 heteroatoms. The first-order valence-electron chi connectivity index (χ1n) is 17.7. The van der Waals surface area contributed by atoms with Crippen LogP contribution in [0.15, 0.2) is 71.0 Å². The maximum Gasteiger partial charge on any atom is 0.164 e. The molecule has 6 rings (SSSR count). The van der Waals surface area contributed by atoms with Gasteiger partial charge >= 0.3 is 0 Å². The second-order valence-corrected chi connectivity index (χ2v) is 16.1. The second kappa shape index (κ2) is 15.1. The molecule has 50 heavy (non-hydrogen) atoms. The van der Waals surface area contributed by atoms with E-state index in [1.54, 1.807) is 0 Å². The molecule has 0 saturated heterocycles. The number of thiophene rings is 1. The number of aliphatic hydroxyl groups is 1. The minimum atomic E-state index is -0.337. The predicted molar refractivity (Wildman–Crippen MR) is 210 cm³/mol. The molecule has 0 aliphatic carbocycles. The maximum atomic E-state index is 12.2. The summed E-state index contributed by atoms with van der Waals surface area (Å²) in [4.78, 5) is 17.0. The van der Waals surface area contributed by atoms with Crippen molar-refractivity contribution in [2.45, 2.75) is 107 Å². The van der Waals surface area contributed by atoms with Gasteiger partial charge in [0.05, 0.1) is 0 Å². The van der Waals surface area contributed by atoms with E-state index in [0.717, 1.165) is 53.7 Å². The summed E-state index contributed by atoms with van der Waals surface area (Å²) in [5, 5.41) is 16.3. The monoisotopic (exact) mass is 867 g/mol. The van der Waals surface area contributed by atoms with Crippen LogP contribution in [-0.2, 0) is 30.3 Å². The summed E-state index contributed by atoms with van der Waals surface area (Å²) >= 11 is 1.81. The largest absolute Gasteiger partial charge is 0.512 e. The molecule has 6 aromatic rings. The molecule has 0 aliphatic rings. The van der Waals surface area contributed by atoms with Gasteiger partial charge in [-0.2, -0.15) is 0 Å². The molecule has 1 radical (unpaired) electrons. The molecule has 0 atom stereocenters. The summed E-state index contributed by atoms with van der Waals surface area (Å²) in [6.45, 7) is 23.1. The van der Waals surface area contributed by atoms with Crippen LogP contribution in [0.3, 0.4) is 0 Å². The number of pyridine rings is 1. The summed E-state index contributed by atoms with van der Waals surface area (Å²) in [7, 11) is 0. The molecule has 3 heterocycles. The van der Waals surface area contributed by atoms with Gasteiger partial charge in [0.15, 0.2) is 5.78 Å². The fraction of sp³-hybridized carbons (Fsp3) is 0.409. The quantitative estimate of drug-likeness (QED) is 0.0940. The number of aliphatic hydroxyl groups excluding tert-OH is 1. The number of ketones is 1.